The molecule has 0 aliphatic heterocycles. The summed E-state index contributed by atoms with van der Waals surface area (Å²) < 4.78 is 11.5. The van der Waals surface area contributed by atoms with Crippen molar-refractivity contribution in [2.24, 2.45) is 5.73 Å². The average Bonchev–Trinajstić information content (AvgIpc) is 2.26. The molecule has 1 unspecified atom stereocenters. The zero-order chi connectivity index (χ0) is 12.1. The second-order valence-electron chi connectivity index (χ2n) is 3.79. The molecule has 0 radical (unpaired) electrons. The molecule has 0 fully saturated rings. The first-order valence-electron chi connectivity index (χ1n) is 5.25. The van der Waals surface area contributed by atoms with E-state index in [0.29, 0.717) is 0 Å². The molecule has 0 spiro atoms. The van der Waals surface area contributed by atoms with Crippen LogP contribution in [0.4, 0.5) is 0 Å². The predicted octanol–water partition coefficient (Wildman–Crippen LogP) is 2.75. The number of halogens is 1. The Balaban J connectivity index is 2.96. The molecular formula is C12H18BrNO2. The van der Waals surface area contributed by atoms with Gasteiger partial charge in [-0.2, -0.15) is 0 Å². The number of methoxy groups -OCH3 is 2. The molecule has 1 rings (SSSR count). The highest BCUT2D eigenvalue weighted by atomic mass is 79.9. The summed E-state index contributed by atoms with van der Waals surface area (Å²) in [6.07, 6.45) is 1.85. The quantitative estimate of drug-likeness (QED) is 0.906. The Labute approximate surface area is 105 Å². The lowest BCUT2D eigenvalue weighted by Gasteiger charge is -2.14. The fraction of sp³-hybridized carbons (Fsp3) is 0.500. The number of rotatable bonds is 5. The minimum atomic E-state index is 0.200. The van der Waals surface area contributed by atoms with Gasteiger partial charge in [0, 0.05) is 6.04 Å². The van der Waals surface area contributed by atoms with Crippen molar-refractivity contribution in [2.75, 3.05) is 14.2 Å². The Morgan fingerprint density at radius 2 is 2.00 bits per heavy atom. The van der Waals surface area contributed by atoms with E-state index in [1.165, 1.54) is 0 Å². The molecule has 90 valence electrons. The summed E-state index contributed by atoms with van der Waals surface area (Å²) in [6, 6.07) is 4.15. The van der Waals surface area contributed by atoms with Crippen LogP contribution in [0.15, 0.2) is 16.6 Å². The first kappa shape index (κ1) is 13.3. The van der Waals surface area contributed by atoms with Gasteiger partial charge in [0.15, 0.2) is 0 Å². The van der Waals surface area contributed by atoms with E-state index >= 15 is 0 Å². The van der Waals surface area contributed by atoms with Gasteiger partial charge in [0.25, 0.3) is 0 Å². The van der Waals surface area contributed by atoms with Crippen LogP contribution in [-0.4, -0.2) is 20.3 Å². The van der Waals surface area contributed by atoms with Crippen molar-refractivity contribution in [3.05, 3.63) is 22.2 Å². The van der Waals surface area contributed by atoms with Crippen LogP contribution in [-0.2, 0) is 6.42 Å². The Hall–Kier alpha value is -0.740. The van der Waals surface area contributed by atoms with Crippen LogP contribution in [0, 0.1) is 0 Å². The minimum absolute atomic E-state index is 0.200. The topological polar surface area (TPSA) is 44.5 Å². The van der Waals surface area contributed by atoms with Crippen LogP contribution in [0.1, 0.15) is 18.9 Å². The molecule has 1 atom stereocenters. The highest BCUT2D eigenvalue weighted by Crippen LogP contribution is 2.37. The van der Waals surface area contributed by atoms with E-state index in [9.17, 15) is 0 Å². The third-order valence-corrected chi connectivity index (χ3v) is 3.19. The largest absolute Gasteiger partial charge is 0.495 e. The standard InChI is InChI=1S/C12H18BrNO2/c1-8(14)4-5-9-6-7-10(15-2)11(13)12(9)16-3/h6-8H,4-5,14H2,1-3H3. The molecule has 0 aliphatic rings. The Bertz CT molecular complexity index is 353. The van der Waals surface area contributed by atoms with Crippen molar-refractivity contribution >= 4 is 15.9 Å². The smallest absolute Gasteiger partial charge is 0.139 e. The number of nitrogens with two attached hydrogens (primary N) is 1. The van der Waals surface area contributed by atoms with Gasteiger partial charge in [0.1, 0.15) is 16.0 Å². The van der Waals surface area contributed by atoms with Crippen molar-refractivity contribution in [1.29, 1.82) is 0 Å². The first-order chi connectivity index (χ1) is 7.60. The van der Waals surface area contributed by atoms with E-state index in [4.69, 9.17) is 15.2 Å². The third kappa shape index (κ3) is 3.12. The molecule has 1 aromatic carbocycles. The monoisotopic (exact) mass is 287 g/mol. The van der Waals surface area contributed by atoms with Crippen LogP contribution >= 0.6 is 15.9 Å². The SMILES string of the molecule is COc1ccc(CCC(C)N)c(OC)c1Br. The normalized spacial score (nSPS) is 12.3. The van der Waals surface area contributed by atoms with Gasteiger partial charge in [0.05, 0.1) is 14.2 Å². The zero-order valence-corrected chi connectivity index (χ0v) is 11.5. The molecule has 0 aliphatic carbocycles. The number of hydrogen-bond acceptors (Lipinski definition) is 3. The lowest BCUT2D eigenvalue weighted by molar-refractivity contribution is 0.385. The van der Waals surface area contributed by atoms with Crippen LogP contribution < -0.4 is 15.2 Å². The lowest BCUT2D eigenvalue weighted by Crippen LogP contribution is -2.15. The van der Waals surface area contributed by atoms with Gasteiger partial charge in [0.2, 0.25) is 0 Å². The van der Waals surface area contributed by atoms with Gasteiger partial charge in [-0.3, -0.25) is 0 Å². The van der Waals surface area contributed by atoms with Gasteiger partial charge in [-0.15, -0.1) is 0 Å². The molecular weight excluding hydrogens is 270 g/mol. The van der Waals surface area contributed by atoms with E-state index in [2.05, 4.69) is 15.9 Å². The fourth-order valence-corrected chi connectivity index (χ4v) is 2.25. The van der Waals surface area contributed by atoms with Crippen molar-refractivity contribution in [2.45, 2.75) is 25.8 Å². The summed E-state index contributed by atoms with van der Waals surface area (Å²) in [4.78, 5) is 0. The maximum absolute atomic E-state index is 5.75. The number of ether oxygens (including phenoxy) is 2. The summed E-state index contributed by atoms with van der Waals surface area (Å²) in [7, 11) is 3.30. The van der Waals surface area contributed by atoms with Gasteiger partial charge in [-0.1, -0.05) is 6.07 Å². The van der Waals surface area contributed by atoms with E-state index in [1.54, 1.807) is 14.2 Å². The van der Waals surface area contributed by atoms with Gasteiger partial charge in [-0.25, -0.2) is 0 Å². The Kier molecular flexibility index (Phi) is 5.09. The average molecular weight is 288 g/mol. The highest BCUT2D eigenvalue weighted by molar-refractivity contribution is 9.10. The summed E-state index contributed by atoms with van der Waals surface area (Å²) in [6.45, 7) is 2.01. The van der Waals surface area contributed by atoms with Crippen molar-refractivity contribution in [3.63, 3.8) is 0 Å². The Morgan fingerprint density at radius 3 is 2.50 bits per heavy atom. The van der Waals surface area contributed by atoms with Crippen molar-refractivity contribution in [3.8, 4) is 11.5 Å². The summed E-state index contributed by atoms with van der Waals surface area (Å²) >= 11 is 3.48. The fourth-order valence-electron chi connectivity index (χ4n) is 1.54. The Morgan fingerprint density at radius 1 is 1.31 bits per heavy atom. The number of aryl methyl sites for hydroxylation is 1. The van der Waals surface area contributed by atoms with Gasteiger partial charge >= 0.3 is 0 Å². The van der Waals surface area contributed by atoms with E-state index in [-0.39, 0.29) is 6.04 Å². The summed E-state index contributed by atoms with van der Waals surface area (Å²) in [5, 5.41) is 0. The van der Waals surface area contributed by atoms with Crippen molar-refractivity contribution < 1.29 is 9.47 Å². The molecule has 0 saturated heterocycles. The van der Waals surface area contributed by atoms with E-state index in [0.717, 1.165) is 34.4 Å². The van der Waals surface area contributed by atoms with Crippen LogP contribution in [0.2, 0.25) is 0 Å². The zero-order valence-electron chi connectivity index (χ0n) is 9.92. The maximum atomic E-state index is 5.75. The van der Waals surface area contributed by atoms with Crippen molar-refractivity contribution in [1.82, 2.24) is 0 Å². The second-order valence-corrected chi connectivity index (χ2v) is 4.58. The van der Waals surface area contributed by atoms with E-state index < -0.39 is 0 Å². The molecule has 0 heterocycles. The molecule has 0 amide bonds. The van der Waals surface area contributed by atoms with Crippen LogP contribution in [0.3, 0.4) is 0 Å². The second kappa shape index (κ2) is 6.11. The molecule has 0 bridgehead atoms. The molecule has 1 aromatic rings. The van der Waals surface area contributed by atoms with Gasteiger partial charge in [-0.05, 0) is 47.3 Å². The molecule has 16 heavy (non-hydrogen) atoms. The highest BCUT2D eigenvalue weighted by Gasteiger charge is 2.12. The number of hydrogen-bond donors (Lipinski definition) is 1. The van der Waals surface area contributed by atoms with E-state index in [1.807, 2.05) is 19.1 Å². The predicted molar refractivity (Wildman–Crippen MR) is 69.2 cm³/mol. The van der Waals surface area contributed by atoms with Gasteiger partial charge < -0.3 is 15.2 Å². The maximum Gasteiger partial charge on any atom is 0.139 e. The molecule has 2 N–H and O–H groups in total. The molecule has 4 heteroatoms. The molecule has 0 aromatic heterocycles. The first-order valence-corrected chi connectivity index (χ1v) is 6.04. The molecule has 3 nitrogen and oxygen atoms in total. The summed E-state index contributed by atoms with van der Waals surface area (Å²) in [5.74, 6) is 1.61. The summed E-state index contributed by atoms with van der Waals surface area (Å²) in [5.41, 5.74) is 6.89. The third-order valence-electron chi connectivity index (χ3n) is 2.44. The lowest BCUT2D eigenvalue weighted by atomic mass is 10.1. The number of benzene rings is 1. The molecule has 0 saturated carbocycles. The van der Waals surface area contributed by atoms with Crippen LogP contribution in [0.25, 0.3) is 0 Å². The minimum Gasteiger partial charge on any atom is -0.495 e. The van der Waals surface area contributed by atoms with Crippen LogP contribution in [0.5, 0.6) is 11.5 Å².